The zero-order chi connectivity index (χ0) is 15.9. The van der Waals surface area contributed by atoms with E-state index >= 15 is 0 Å². The van der Waals surface area contributed by atoms with E-state index in [9.17, 15) is 4.79 Å². The highest BCUT2D eigenvalue weighted by Crippen LogP contribution is 2.21. The van der Waals surface area contributed by atoms with Crippen LogP contribution in [0.25, 0.3) is 11.0 Å². The van der Waals surface area contributed by atoms with Gasteiger partial charge in [0, 0.05) is 23.3 Å². The summed E-state index contributed by atoms with van der Waals surface area (Å²) >= 11 is 6.08. The lowest BCUT2D eigenvalue weighted by Crippen LogP contribution is -2.11. The van der Waals surface area contributed by atoms with Crippen molar-refractivity contribution in [3.05, 3.63) is 58.4 Å². The molecule has 0 unspecified atom stereocenters. The number of aryl methyl sites for hydroxylation is 3. The first-order valence-corrected chi connectivity index (χ1v) is 7.34. The number of aromatic nitrogens is 2. The van der Waals surface area contributed by atoms with Crippen molar-refractivity contribution in [1.29, 1.82) is 0 Å². The number of rotatable bonds is 2. The van der Waals surface area contributed by atoms with E-state index in [-0.39, 0.29) is 5.91 Å². The standard InChI is InChI=1S/C17H16ClN3O/c1-10-4-6-13(9-14(10)18)20-17(22)12-5-7-16-15(8-12)19-11(2)21(16)3/h4-9H,1-3H3,(H,20,22). The lowest BCUT2D eigenvalue weighted by molar-refractivity contribution is 0.102. The average molecular weight is 314 g/mol. The summed E-state index contributed by atoms with van der Waals surface area (Å²) in [6.45, 7) is 3.86. The molecule has 112 valence electrons. The normalized spacial score (nSPS) is 10.9. The maximum absolute atomic E-state index is 12.4. The van der Waals surface area contributed by atoms with Crippen molar-refractivity contribution in [3.8, 4) is 0 Å². The summed E-state index contributed by atoms with van der Waals surface area (Å²) in [4.78, 5) is 16.8. The molecule has 4 nitrogen and oxygen atoms in total. The fraction of sp³-hybridized carbons (Fsp3) is 0.176. The van der Waals surface area contributed by atoms with Crippen LogP contribution in [0.5, 0.6) is 0 Å². The van der Waals surface area contributed by atoms with Gasteiger partial charge < -0.3 is 9.88 Å². The number of benzene rings is 2. The number of carbonyl (C=O) groups excluding carboxylic acids is 1. The molecule has 0 spiro atoms. The van der Waals surface area contributed by atoms with Crippen molar-refractivity contribution in [2.75, 3.05) is 5.32 Å². The van der Waals surface area contributed by atoms with Crippen LogP contribution in [0.2, 0.25) is 5.02 Å². The third-order valence-corrected chi connectivity index (χ3v) is 4.20. The Labute approximate surface area is 133 Å². The first-order valence-electron chi connectivity index (χ1n) is 6.96. The average Bonchev–Trinajstić information content (AvgIpc) is 2.77. The van der Waals surface area contributed by atoms with E-state index < -0.39 is 0 Å². The van der Waals surface area contributed by atoms with Crippen LogP contribution in [-0.2, 0) is 7.05 Å². The largest absolute Gasteiger partial charge is 0.331 e. The number of carbonyl (C=O) groups is 1. The monoisotopic (exact) mass is 313 g/mol. The molecular weight excluding hydrogens is 298 g/mol. The topological polar surface area (TPSA) is 46.9 Å². The molecule has 22 heavy (non-hydrogen) atoms. The number of hydrogen-bond donors (Lipinski definition) is 1. The Morgan fingerprint density at radius 1 is 1.18 bits per heavy atom. The number of amides is 1. The number of anilines is 1. The fourth-order valence-electron chi connectivity index (χ4n) is 2.34. The quantitative estimate of drug-likeness (QED) is 0.774. The van der Waals surface area contributed by atoms with Crippen LogP contribution < -0.4 is 5.32 Å². The first kappa shape index (κ1) is 14.6. The van der Waals surface area contributed by atoms with E-state index in [1.165, 1.54) is 0 Å². The Balaban J connectivity index is 1.89. The second-order valence-corrected chi connectivity index (χ2v) is 5.75. The molecular formula is C17H16ClN3O. The highest BCUT2D eigenvalue weighted by atomic mass is 35.5. The molecule has 0 aliphatic heterocycles. The van der Waals surface area contributed by atoms with Crippen LogP contribution in [0.1, 0.15) is 21.7 Å². The fourth-order valence-corrected chi connectivity index (χ4v) is 2.52. The van der Waals surface area contributed by atoms with Gasteiger partial charge in [-0.05, 0) is 49.7 Å². The number of hydrogen-bond acceptors (Lipinski definition) is 2. The van der Waals surface area contributed by atoms with Crippen LogP contribution in [0.3, 0.4) is 0 Å². The van der Waals surface area contributed by atoms with E-state index in [0.717, 1.165) is 22.4 Å². The van der Waals surface area contributed by atoms with E-state index in [0.29, 0.717) is 16.3 Å². The Bertz CT molecular complexity index is 883. The van der Waals surface area contributed by atoms with Crippen molar-refractivity contribution in [1.82, 2.24) is 9.55 Å². The second-order valence-electron chi connectivity index (χ2n) is 5.34. The molecule has 1 amide bonds. The molecule has 0 bridgehead atoms. The Hall–Kier alpha value is -2.33. The molecule has 0 saturated carbocycles. The number of halogens is 1. The van der Waals surface area contributed by atoms with Gasteiger partial charge in [-0.25, -0.2) is 4.98 Å². The van der Waals surface area contributed by atoms with Gasteiger partial charge in [-0.1, -0.05) is 17.7 Å². The van der Waals surface area contributed by atoms with E-state index in [1.54, 1.807) is 18.2 Å². The minimum Gasteiger partial charge on any atom is -0.331 e. The summed E-state index contributed by atoms with van der Waals surface area (Å²) in [7, 11) is 1.96. The Kier molecular flexibility index (Phi) is 3.62. The molecule has 0 aliphatic rings. The third kappa shape index (κ3) is 2.57. The number of nitrogens with zero attached hydrogens (tertiary/aromatic N) is 2. The molecule has 0 saturated heterocycles. The van der Waals surface area contributed by atoms with Gasteiger partial charge in [0.25, 0.3) is 5.91 Å². The van der Waals surface area contributed by atoms with Crippen molar-refractivity contribution >= 4 is 34.2 Å². The minimum absolute atomic E-state index is 0.176. The maximum atomic E-state index is 12.4. The lowest BCUT2D eigenvalue weighted by Gasteiger charge is -2.07. The van der Waals surface area contributed by atoms with Gasteiger partial charge in [0.15, 0.2) is 0 Å². The van der Waals surface area contributed by atoms with Gasteiger partial charge in [0.2, 0.25) is 0 Å². The van der Waals surface area contributed by atoms with Gasteiger partial charge in [-0.15, -0.1) is 0 Å². The van der Waals surface area contributed by atoms with Crippen LogP contribution in [0.15, 0.2) is 36.4 Å². The lowest BCUT2D eigenvalue weighted by atomic mass is 10.1. The van der Waals surface area contributed by atoms with E-state index in [2.05, 4.69) is 10.3 Å². The van der Waals surface area contributed by atoms with E-state index in [1.807, 2.05) is 43.7 Å². The number of fused-ring (bicyclic) bond motifs is 1. The summed E-state index contributed by atoms with van der Waals surface area (Å²) in [5.74, 6) is 0.739. The SMILES string of the molecule is Cc1ccc(NC(=O)c2ccc3c(c2)nc(C)n3C)cc1Cl. The molecule has 0 fully saturated rings. The molecule has 5 heteroatoms. The smallest absolute Gasteiger partial charge is 0.255 e. The predicted octanol–water partition coefficient (Wildman–Crippen LogP) is 4.10. The number of nitrogens with one attached hydrogen (secondary N) is 1. The Morgan fingerprint density at radius 2 is 1.95 bits per heavy atom. The highest BCUT2D eigenvalue weighted by molar-refractivity contribution is 6.31. The van der Waals surface area contributed by atoms with Gasteiger partial charge in [0.05, 0.1) is 11.0 Å². The van der Waals surface area contributed by atoms with Gasteiger partial charge >= 0.3 is 0 Å². The first-order chi connectivity index (χ1) is 10.5. The molecule has 2 aromatic carbocycles. The van der Waals surface area contributed by atoms with Crippen LogP contribution in [0.4, 0.5) is 5.69 Å². The van der Waals surface area contributed by atoms with Crippen molar-refractivity contribution in [2.24, 2.45) is 7.05 Å². The molecule has 3 aromatic rings. The van der Waals surface area contributed by atoms with Gasteiger partial charge in [0.1, 0.15) is 5.82 Å². The highest BCUT2D eigenvalue weighted by Gasteiger charge is 2.10. The summed E-state index contributed by atoms with van der Waals surface area (Å²) in [5, 5.41) is 3.49. The zero-order valence-corrected chi connectivity index (χ0v) is 13.4. The minimum atomic E-state index is -0.176. The zero-order valence-electron chi connectivity index (χ0n) is 12.6. The predicted molar refractivity (Wildman–Crippen MR) is 89.6 cm³/mol. The van der Waals surface area contributed by atoms with Crippen molar-refractivity contribution in [2.45, 2.75) is 13.8 Å². The van der Waals surface area contributed by atoms with E-state index in [4.69, 9.17) is 11.6 Å². The molecule has 0 aliphatic carbocycles. The molecule has 0 atom stereocenters. The van der Waals surface area contributed by atoms with Crippen molar-refractivity contribution < 1.29 is 4.79 Å². The second kappa shape index (κ2) is 5.46. The summed E-state index contributed by atoms with van der Waals surface area (Å²) in [6.07, 6.45) is 0. The van der Waals surface area contributed by atoms with Crippen LogP contribution in [-0.4, -0.2) is 15.5 Å². The molecule has 1 aromatic heterocycles. The van der Waals surface area contributed by atoms with Gasteiger partial charge in [-0.3, -0.25) is 4.79 Å². The molecule has 0 radical (unpaired) electrons. The summed E-state index contributed by atoms with van der Waals surface area (Å²) in [5.41, 5.74) is 4.05. The van der Waals surface area contributed by atoms with Crippen LogP contribution >= 0.6 is 11.6 Å². The summed E-state index contributed by atoms with van der Waals surface area (Å²) in [6, 6.07) is 11.0. The summed E-state index contributed by atoms with van der Waals surface area (Å²) < 4.78 is 2.00. The van der Waals surface area contributed by atoms with Crippen molar-refractivity contribution in [3.63, 3.8) is 0 Å². The Morgan fingerprint density at radius 3 is 2.68 bits per heavy atom. The molecule has 1 N–H and O–H groups in total. The molecule has 1 heterocycles. The maximum Gasteiger partial charge on any atom is 0.255 e. The number of imidazole rings is 1. The van der Waals surface area contributed by atoms with Gasteiger partial charge in [-0.2, -0.15) is 0 Å². The van der Waals surface area contributed by atoms with Crippen LogP contribution in [0, 0.1) is 13.8 Å². The third-order valence-electron chi connectivity index (χ3n) is 3.80. The molecule has 3 rings (SSSR count).